The third kappa shape index (κ3) is 2.99. The first-order valence-corrected chi connectivity index (χ1v) is 7.94. The van der Waals surface area contributed by atoms with E-state index in [4.69, 9.17) is 4.74 Å². The minimum Gasteiger partial charge on any atom is -0.453 e. The molecular formula is C17H17BrN2O2. The highest BCUT2D eigenvalue weighted by Crippen LogP contribution is 2.37. The maximum atomic E-state index is 12.2. The third-order valence-electron chi connectivity index (χ3n) is 3.90. The smallest absolute Gasteiger partial charge is 0.329 e. The minimum atomic E-state index is -0.612. The van der Waals surface area contributed by atoms with E-state index in [0.717, 1.165) is 15.6 Å². The number of nitrogens with one attached hydrogen (secondary N) is 1. The minimum absolute atomic E-state index is 0.242. The second-order valence-corrected chi connectivity index (χ2v) is 6.69. The number of aromatic nitrogens is 1. The molecule has 0 saturated carbocycles. The maximum absolute atomic E-state index is 12.2. The molecule has 0 amide bonds. The van der Waals surface area contributed by atoms with Crippen LogP contribution < -0.4 is 5.32 Å². The van der Waals surface area contributed by atoms with Gasteiger partial charge in [0.2, 0.25) is 0 Å². The first kappa shape index (κ1) is 15.0. The number of hydrogen-bond donors (Lipinski definition) is 1. The Kier molecular flexibility index (Phi) is 3.91. The molecule has 3 rings (SSSR count). The van der Waals surface area contributed by atoms with Crippen LogP contribution in [-0.4, -0.2) is 17.0 Å². The monoisotopic (exact) mass is 360 g/mol. The van der Waals surface area contributed by atoms with E-state index >= 15 is 0 Å². The van der Waals surface area contributed by atoms with E-state index < -0.39 is 5.60 Å². The molecule has 0 spiro atoms. The molecule has 1 aromatic heterocycles. The molecule has 1 aromatic carbocycles. The van der Waals surface area contributed by atoms with Gasteiger partial charge >= 0.3 is 5.97 Å². The fourth-order valence-electron chi connectivity index (χ4n) is 2.69. The number of anilines is 1. The summed E-state index contributed by atoms with van der Waals surface area (Å²) in [4.78, 5) is 16.4. The highest BCUT2D eigenvalue weighted by atomic mass is 79.9. The lowest BCUT2D eigenvalue weighted by atomic mass is 9.91. The molecular weight excluding hydrogens is 344 g/mol. The van der Waals surface area contributed by atoms with Crippen molar-refractivity contribution in [2.45, 2.75) is 31.9 Å². The lowest BCUT2D eigenvalue weighted by Gasteiger charge is -2.23. The fourth-order valence-corrected chi connectivity index (χ4v) is 2.95. The Bertz CT molecular complexity index is 702. The van der Waals surface area contributed by atoms with Crippen molar-refractivity contribution in [1.82, 2.24) is 4.98 Å². The maximum Gasteiger partial charge on any atom is 0.329 e. The average Bonchev–Trinajstić information content (AvgIpc) is 2.75. The molecule has 2 atom stereocenters. The number of carbonyl (C=O) groups excluding carboxylic acids is 1. The third-order valence-corrected chi connectivity index (χ3v) is 4.43. The predicted molar refractivity (Wildman–Crippen MR) is 88.6 cm³/mol. The summed E-state index contributed by atoms with van der Waals surface area (Å²) >= 11 is 3.42. The molecule has 2 aromatic rings. The van der Waals surface area contributed by atoms with E-state index in [2.05, 4.69) is 26.2 Å². The number of rotatable bonds is 3. The van der Waals surface area contributed by atoms with Crippen LogP contribution in [0.25, 0.3) is 0 Å². The molecule has 4 nitrogen and oxygen atoms in total. The van der Waals surface area contributed by atoms with Gasteiger partial charge in [0.15, 0.2) is 0 Å². The second kappa shape index (κ2) is 5.72. The van der Waals surface area contributed by atoms with Gasteiger partial charge < -0.3 is 10.1 Å². The zero-order valence-electron chi connectivity index (χ0n) is 12.5. The van der Waals surface area contributed by atoms with Crippen molar-refractivity contribution in [3.8, 4) is 0 Å². The molecule has 1 fully saturated rings. The summed E-state index contributed by atoms with van der Waals surface area (Å²) in [5.41, 5.74) is 1.48. The topological polar surface area (TPSA) is 51.2 Å². The van der Waals surface area contributed by atoms with E-state index in [1.54, 1.807) is 6.20 Å². The Hall–Kier alpha value is -1.88. The molecule has 1 N–H and O–H groups in total. The SMILES string of the molecule is Cc1ccnc(NC2CC(C)(c3ccc(Br)cc3)OC2=O)c1. The van der Waals surface area contributed by atoms with E-state index in [0.29, 0.717) is 12.2 Å². The molecule has 22 heavy (non-hydrogen) atoms. The quantitative estimate of drug-likeness (QED) is 0.845. The summed E-state index contributed by atoms with van der Waals surface area (Å²) in [5, 5.41) is 3.17. The van der Waals surface area contributed by atoms with Gasteiger partial charge in [-0.05, 0) is 49.2 Å². The molecule has 1 saturated heterocycles. The van der Waals surface area contributed by atoms with E-state index in [-0.39, 0.29) is 12.0 Å². The molecule has 0 aliphatic carbocycles. The van der Waals surface area contributed by atoms with Crippen molar-refractivity contribution in [1.29, 1.82) is 0 Å². The van der Waals surface area contributed by atoms with Crippen LogP contribution in [0.2, 0.25) is 0 Å². The highest BCUT2D eigenvalue weighted by Gasteiger charge is 2.44. The van der Waals surface area contributed by atoms with Gasteiger partial charge in [0, 0.05) is 17.1 Å². The number of cyclic esters (lactones) is 1. The normalized spacial score (nSPS) is 24.1. The standard InChI is InChI=1S/C17H17BrN2O2/c1-11-7-8-19-15(9-11)20-14-10-17(2,22-16(14)21)12-3-5-13(18)6-4-12/h3-9,14H,10H2,1-2H3,(H,19,20). The van der Waals surface area contributed by atoms with Crippen LogP contribution in [0.4, 0.5) is 5.82 Å². The number of halogens is 1. The van der Waals surface area contributed by atoms with Crippen LogP contribution in [0.1, 0.15) is 24.5 Å². The lowest BCUT2D eigenvalue weighted by Crippen LogP contribution is -2.25. The van der Waals surface area contributed by atoms with Gasteiger partial charge in [0.05, 0.1) is 0 Å². The van der Waals surface area contributed by atoms with Gasteiger partial charge in [-0.25, -0.2) is 9.78 Å². The summed E-state index contributed by atoms with van der Waals surface area (Å²) in [6, 6.07) is 11.3. The molecule has 1 aliphatic rings. The number of ether oxygens (including phenoxy) is 1. The lowest BCUT2D eigenvalue weighted by molar-refractivity contribution is -0.148. The number of benzene rings is 1. The molecule has 0 radical (unpaired) electrons. The Morgan fingerprint density at radius 3 is 2.73 bits per heavy atom. The van der Waals surface area contributed by atoms with E-state index in [1.807, 2.05) is 50.2 Å². The molecule has 0 bridgehead atoms. The van der Waals surface area contributed by atoms with Crippen molar-refractivity contribution in [2.75, 3.05) is 5.32 Å². The number of hydrogen-bond acceptors (Lipinski definition) is 4. The molecule has 114 valence electrons. The van der Waals surface area contributed by atoms with E-state index in [1.165, 1.54) is 0 Å². The van der Waals surface area contributed by atoms with Gasteiger partial charge in [-0.2, -0.15) is 0 Å². The molecule has 2 heterocycles. The van der Waals surface area contributed by atoms with Crippen molar-refractivity contribution in [2.24, 2.45) is 0 Å². The zero-order chi connectivity index (χ0) is 15.7. The summed E-state index contributed by atoms with van der Waals surface area (Å²) in [7, 11) is 0. The van der Waals surface area contributed by atoms with Crippen molar-refractivity contribution >= 4 is 27.7 Å². The molecule has 2 unspecified atom stereocenters. The van der Waals surface area contributed by atoms with Crippen LogP contribution in [0.15, 0.2) is 47.1 Å². The van der Waals surface area contributed by atoms with Gasteiger partial charge in [-0.15, -0.1) is 0 Å². The van der Waals surface area contributed by atoms with E-state index in [9.17, 15) is 4.79 Å². The summed E-state index contributed by atoms with van der Waals surface area (Å²) in [6.07, 6.45) is 2.30. The molecule has 5 heteroatoms. The number of nitrogens with zero attached hydrogens (tertiary/aromatic N) is 1. The number of aryl methyl sites for hydroxylation is 1. The Morgan fingerprint density at radius 2 is 2.05 bits per heavy atom. The van der Waals surface area contributed by atoms with Crippen LogP contribution in [0, 0.1) is 6.92 Å². The average molecular weight is 361 g/mol. The number of carbonyl (C=O) groups is 1. The molecule has 1 aliphatic heterocycles. The van der Waals surface area contributed by atoms with Crippen molar-refractivity contribution < 1.29 is 9.53 Å². The second-order valence-electron chi connectivity index (χ2n) is 5.78. The Morgan fingerprint density at radius 1 is 1.32 bits per heavy atom. The van der Waals surface area contributed by atoms with Gasteiger partial charge in [-0.1, -0.05) is 28.1 Å². The number of pyridine rings is 1. The highest BCUT2D eigenvalue weighted by molar-refractivity contribution is 9.10. The first-order valence-electron chi connectivity index (χ1n) is 7.14. The van der Waals surface area contributed by atoms with Crippen LogP contribution >= 0.6 is 15.9 Å². The Labute approximate surface area is 138 Å². The largest absolute Gasteiger partial charge is 0.453 e. The zero-order valence-corrected chi connectivity index (χ0v) is 14.1. The van der Waals surface area contributed by atoms with Gasteiger partial charge in [0.25, 0.3) is 0 Å². The van der Waals surface area contributed by atoms with Crippen molar-refractivity contribution in [3.63, 3.8) is 0 Å². The first-order chi connectivity index (χ1) is 10.5. The predicted octanol–water partition coefficient (Wildman–Crippen LogP) is 3.80. The van der Waals surface area contributed by atoms with Crippen LogP contribution in [-0.2, 0) is 15.1 Å². The summed E-state index contributed by atoms with van der Waals surface area (Å²) in [5.74, 6) is 0.454. The van der Waals surface area contributed by atoms with Gasteiger partial charge in [0.1, 0.15) is 17.5 Å². The van der Waals surface area contributed by atoms with Crippen LogP contribution in [0.5, 0.6) is 0 Å². The van der Waals surface area contributed by atoms with Gasteiger partial charge in [-0.3, -0.25) is 0 Å². The fraction of sp³-hybridized carbons (Fsp3) is 0.294. The van der Waals surface area contributed by atoms with Crippen LogP contribution in [0.3, 0.4) is 0 Å². The number of esters is 1. The Balaban J connectivity index is 1.79. The summed E-state index contributed by atoms with van der Waals surface area (Å²) < 4.78 is 6.65. The van der Waals surface area contributed by atoms with Crippen molar-refractivity contribution in [3.05, 3.63) is 58.2 Å². The summed E-state index contributed by atoms with van der Waals surface area (Å²) in [6.45, 7) is 3.94.